The molecule has 21 heteroatoms. The molecule has 4 heterocycles. The maximum absolute atomic E-state index is 12.1. The van der Waals surface area contributed by atoms with E-state index in [1.54, 1.807) is 27.7 Å². The molecule has 20 unspecified atom stereocenters. The van der Waals surface area contributed by atoms with Crippen LogP contribution in [0.3, 0.4) is 0 Å². The van der Waals surface area contributed by atoms with Crippen molar-refractivity contribution in [3.05, 3.63) is 0 Å². The molecule has 0 aromatic rings. The van der Waals surface area contributed by atoms with Crippen molar-refractivity contribution in [2.75, 3.05) is 19.8 Å². The van der Waals surface area contributed by atoms with Gasteiger partial charge >= 0.3 is 5.97 Å². The zero-order chi connectivity index (χ0) is 38.1. The van der Waals surface area contributed by atoms with Crippen LogP contribution >= 0.6 is 0 Å². The third kappa shape index (κ3) is 8.99. The van der Waals surface area contributed by atoms with Gasteiger partial charge in [-0.2, -0.15) is 0 Å². The summed E-state index contributed by atoms with van der Waals surface area (Å²) in [5.41, 5.74) is 0. The number of carbonyl (C=O) groups is 1. The minimum absolute atomic E-state index is 0.334. The number of ether oxygens (including phenoxy) is 8. The Morgan fingerprint density at radius 1 is 0.529 bits per heavy atom. The van der Waals surface area contributed by atoms with Crippen molar-refractivity contribution in [1.29, 1.82) is 0 Å². The van der Waals surface area contributed by atoms with Gasteiger partial charge in [-0.3, -0.25) is 0 Å². The van der Waals surface area contributed by atoms with Crippen molar-refractivity contribution >= 4 is 5.97 Å². The first kappa shape index (κ1) is 42.5. The molecule has 0 spiro atoms. The molecule has 0 bridgehead atoms. The molecule has 4 aliphatic heterocycles. The van der Waals surface area contributed by atoms with Gasteiger partial charge in [0.1, 0.15) is 91.6 Å². The average Bonchev–Trinajstić information content (AvgIpc) is 3.07. The van der Waals surface area contributed by atoms with Crippen molar-refractivity contribution in [3.63, 3.8) is 0 Å². The van der Waals surface area contributed by atoms with Crippen molar-refractivity contribution < 1.29 is 104 Å². The normalized spacial score (nSPS) is 48.3. The molecule has 20 atom stereocenters. The lowest BCUT2D eigenvalue weighted by Crippen LogP contribution is -2.68. The maximum atomic E-state index is 12.1. The van der Waals surface area contributed by atoms with Crippen LogP contribution in [-0.4, -0.2) is 216 Å². The third-order valence-electron chi connectivity index (χ3n) is 9.29. The minimum atomic E-state index is -2.18. The number of aliphatic carboxylic acids is 1. The summed E-state index contributed by atoms with van der Waals surface area (Å²) in [6.07, 6.45) is -35.3. The van der Waals surface area contributed by atoms with Gasteiger partial charge in [-0.25, -0.2) is 4.79 Å². The topological polar surface area (TPSA) is 334 Å². The van der Waals surface area contributed by atoms with E-state index in [-0.39, 0.29) is 5.92 Å². The van der Waals surface area contributed by atoms with Gasteiger partial charge in [0.15, 0.2) is 25.0 Å². The maximum Gasteiger partial charge on any atom is 0.335 e. The molecule has 21 nitrogen and oxygen atoms in total. The lowest BCUT2D eigenvalue weighted by molar-refractivity contribution is -0.385. The molecule has 51 heavy (non-hydrogen) atoms. The minimum Gasteiger partial charge on any atom is -0.479 e. The number of rotatable bonds is 13. The predicted molar refractivity (Wildman–Crippen MR) is 161 cm³/mol. The van der Waals surface area contributed by atoms with Gasteiger partial charge in [0.2, 0.25) is 0 Å². The molecule has 4 saturated heterocycles. The number of carboxylic acid groups (broad SMARTS) is 1. The summed E-state index contributed by atoms with van der Waals surface area (Å²) in [7, 11) is 0. The Morgan fingerprint density at radius 2 is 0.902 bits per heavy atom. The fraction of sp³-hybridized carbons (Fsp3) is 0.967. The molecule has 0 amide bonds. The fourth-order valence-electron chi connectivity index (χ4n) is 6.57. The zero-order valence-corrected chi connectivity index (χ0v) is 28.4. The van der Waals surface area contributed by atoms with E-state index in [1.807, 2.05) is 0 Å². The smallest absolute Gasteiger partial charge is 0.335 e. The summed E-state index contributed by atoms with van der Waals surface area (Å²) in [5, 5.41) is 127. The van der Waals surface area contributed by atoms with E-state index in [1.165, 1.54) is 0 Å². The Kier molecular flexibility index (Phi) is 14.9. The molecule has 12 N–H and O–H groups in total. The highest BCUT2D eigenvalue weighted by molar-refractivity contribution is 5.73. The monoisotopic (exact) mass is 748 g/mol. The Morgan fingerprint density at radius 3 is 1.31 bits per heavy atom. The van der Waals surface area contributed by atoms with Gasteiger partial charge in [-0.1, -0.05) is 13.8 Å². The highest BCUT2D eigenvalue weighted by Gasteiger charge is 2.57. The van der Waals surface area contributed by atoms with Crippen LogP contribution in [0.4, 0.5) is 0 Å². The fourth-order valence-corrected chi connectivity index (χ4v) is 6.57. The van der Waals surface area contributed by atoms with Crippen molar-refractivity contribution in [3.8, 4) is 0 Å². The molecule has 4 fully saturated rings. The van der Waals surface area contributed by atoms with Crippen LogP contribution in [-0.2, 0) is 42.7 Å². The molecule has 0 radical (unpaired) electrons. The van der Waals surface area contributed by atoms with Crippen LogP contribution in [0.25, 0.3) is 0 Å². The molecule has 0 aromatic heterocycles. The Bertz CT molecular complexity index is 1100. The SMILES string of the molecule is CC(C)OC1C(O)C(CO)OC(OC2C(O)C(OC3C(O)C(CO)OC(OC4C(O)C(CO)OC(C(C)C)C4O)C3O)OC(C(=O)O)C2O)C1O. The second-order valence-corrected chi connectivity index (χ2v) is 13.7. The Hall–Kier alpha value is -1.29. The van der Waals surface area contributed by atoms with Crippen LogP contribution in [0.2, 0.25) is 0 Å². The highest BCUT2D eigenvalue weighted by atomic mass is 16.8. The quantitative estimate of drug-likeness (QED) is 0.0833. The molecular formula is C30H52O21. The van der Waals surface area contributed by atoms with E-state index >= 15 is 0 Å². The summed E-state index contributed by atoms with van der Waals surface area (Å²) in [5.74, 6) is -2.10. The van der Waals surface area contributed by atoms with Gasteiger partial charge in [-0.05, 0) is 19.8 Å². The second kappa shape index (κ2) is 17.9. The standard InChI is InChI=1S/C30H52O21/c1-8(2)21-16(37)22(13(34)10(5-31)45-21)48-29-19(40)24(15(36)12(7-33)47-29)49-30-20(41)25(17(38)26(51-30)27(42)43)50-28-18(39)23(44-9(3)4)14(35)11(6-32)46-28/h8-26,28-41H,5-7H2,1-4H3,(H,42,43). The number of hydrogen-bond acceptors (Lipinski definition) is 20. The van der Waals surface area contributed by atoms with E-state index in [9.17, 15) is 66.1 Å². The van der Waals surface area contributed by atoms with E-state index in [2.05, 4.69) is 0 Å². The summed E-state index contributed by atoms with van der Waals surface area (Å²) in [6.45, 7) is 4.26. The van der Waals surface area contributed by atoms with Crippen LogP contribution in [0.5, 0.6) is 0 Å². The van der Waals surface area contributed by atoms with Crippen LogP contribution < -0.4 is 0 Å². The van der Waals surface area contributed by atoms with Crippen LogP contribution in [0.1, 0.15) is 27.7 Å². The number of carboxylic acids is 1. The lowest BCUT2D eigenvalue weighted by atomic mass is 9.89. The highest BCUT2D eigenvalue weighted by Crippen LogP contribution is 2.35. The van der Waals surface area contributed by atoms with Gasteiger partial charge in [0, 0.05) is 0 Å². The van der Waals surface area contributed by atoms with Gasteiger partial charge in [0.25, 0.3) is 0 Å². The van der Waals surface area contributed by atoms with E-state index in [4.69, 9.17) is 37.9 Å². The predicted octanol–water partition coefficient (Wildman–Crippen LogP) is -6.52. The average molecular weight is 749 g/mol. The molecule has 4 aliphatic rings. The third-order valence-corrected chi connectivity index (χ3v) is 9.29. The zero-order valence-electron chi connectivity index (χ0n) is 28.4. The first-order chi connectivity index (χ1) is 24.0. The van der Waals surface area contributed by atoms with Crippen molar-refractivity contribution in [1.82, 2.24) is 0 Å². The van der Waals surface area contributed by atoms with E-state index in [0.29, 0.717) is 0 Å². The van der Waals surface area contributed by atoms with Gasteiger partial charge in [0.05, 0.1) is 32.0 Å². The van der Waals surface area contributed by atoms with Crippen LogP contribution in [0, 0.1) is 5.92 Å². The van der Waals surface area contributed by atoms with Gasteiger partial charge in [-0.15, -0.1) is 0 Å². The number of aliphatic hydroxyl groups is 11. The lowest BCUT2D eigenvalue weighted by Gasteiger charge is -2.49. The Balaban J connectivity index is 1.58. The molecule has 0 saturated carbocycles. The first-order valence-corrected chi connectivity index (χ1v) is 16.7. The molecular weight excluding hydrogens is 696 g/mol. The van der Waals surface area contributed by atoms with Crippen molar-refractivity contribution in [2.24, 2.45) is 5.92 Å². The summed E-state index contributed by atoms with van der Waals surface area (Å²) < 4.78 is 44.5. The second-order valence-electron chi connectivity index (χ2n) is 13.7. The summed E-state index contributed by atoms with van der Waals surface area (Å²) >= 11 is 0. The van der Waals surface area contributed by atoms with Gasteiger partial charge < -0.3 is 99.2 Å². The number of hydrogen-bond donors (Lipinski definition) is 12. The summed E-state index contributed by atoms with van der Waals surface area (Å²) in [6, 6.07) is 0. The van der Waals surface area contributed by atoms with E-state index in [0.717, 1.165) is 0 Å². The molecule has 0 aliphatic carbocycles. The van der Waals surface area contributed by atoms with E-state index < -0.39 is 155 Å². The largest absolute Gasteiger partial charge is 0.479 e. The Labute approximate surface area is 292 Å². The van der Waals surface area contributed by atoms with Crippen LogP contribution in [0.15, 0.2) is 0 Å². The summed E-state index contributed by atoms with van der Waals surface area (Å²) in [4.78, 5) is 12.1. The molecule has 0 aromatic carbocycles. The molecule has 4 rings (SSSR count). The first-order valence-electron chi connectivity index (χ1n) is 16.7. The molecule has 298 valence electrons. The number of aliphatic hydroxyl groups excluding tert-OH is 11. The van der Waals surface area contributed by atoms with Crippen molar-refractivity contribution in [2.45, 2.75) is 156 Å².